The molecule has 0 heterocycles. The third kappa shape index (κ3) is 3.97. The molecule has 2 atom stereocenters. The molecule has 1 aromatic carbocycles. The molecule has 0 bridgehead atoms. The van der Waals surface area contributed by atoms with Gasteiger partial charge in [0.15, 0.2) is 5.78 Å². The summed E-state index contributed by atoms with van der Waals surface area (Å²) in [6.07, 6.45) is 2.63. The maximum Gasteiger partial charge on any atom is 0.164 e. The number of Topliss-reactive ketones (excluding diaryl/α,β-unsaturated/α-hetero) is 1. The number of hydrogen-bond acceptors (Lipinski definition) is 1. The molecule has 0 aliphatic rings. The highest BCUT2D eigenvalue weighted by molar-refractivity contribution is 6.22. The summed E-state index contributed by atoms with van der Waals surface area (Å²) in [5.74, 6) is 0.544. The Hall–Kier alpha value is -0.820. The summed E-state index contributed by atoms with van der Waals surface area (Å²) in [5, 5.41) is -0.0485. The minimum absolute atomic E-state index is 0.0485. The highest BCUT2D eigenvalue weighted by atomic mass is 35.5. The Balaban J connectivity index is 2.52. The molecule has 0 aromatic heterocycles. The first-order valence-electron chi connectivity index (χ1n) is 5.87. The van der Waals surface area contributed by atoms with Gasteiger partial charge < -0.3 is 0 Å². The summed E-state index contributed by atoms with van der Waals surface area (Å²) in [5.41, 5.74) is 0.761. The molecule has 1 nitrogen and oxygen atoms in total. The third-order valence-electron chi connectivity index (χ3n) is 2.84. The van der Waals surface area contributed by atoms with Crippen LogP contribution >= 0.6 is 11.6 Å². The summed E-state index contributed by atoms with van der Waals surface area (Å²) >= 11 is 6.23. The zero-order valence-corrected chi connectivity index (χ0v) is 10.7. The Kier molecular flexibility index (Phi) is 5.54. The molecule has 0 aliphatic carbocycles. The summed E-state index contributed by atoms with van der Waals surface area (Å²) in [6.45, 7) is 4.25. The topological polar surface area (TPSA) is 17.1 Å². The molecule has 0 aliphatic heterocycles. The second-order valence-electron chi connectivity index (χ2n) is 4.28. The average Bonchev–Trinajstić information content (AvgIpc) is 2.30. The Bertz CT molecular complexity index is 321. The largest absolute Gasteiger partial charge is 0.294 e. The van der Waals surface area contributed by atoms with Gasteiger partial charge >= 0.3 is 0 Å². The standard InChI is InChI=1S/C14H19ClO/c1-3-7-11(2)13(15)10-14(16)12-8-5-4-6-9-12/h4-6,8-9,11,13H,3,7,10H2,1-2H3. The number of alkyl halides is 1. The Morgan fingerprint density at radius 1 is 1.31 bits per heavy atom. The highest BCUT2D eigenvalue weighted by Crippen LogP contribution is 2.21. The van der Waals surface area contributed by atoms with Crippen LogP contribution in [0.4, 0.5) is 0 Å². The van der Waals surface area contributed by atoms with Gasteiger partial charge in [-0.2, -0.15) is 0 Å². The summed E-state index contributed by atoms with van der Waals surface area (Å²) in [6, 6.07) is 9.36. The second-order valence-corrected chi connectivity index (χ2v) is 4.84. The summed E-state index contributed by atoms with van der Waals surface area (Å²) in [4.78, 5) is 11.9. The normalized spacial score (nSPS) is 14.4. The van der Waals surface area contributed by atoms with Gasteiger partial charge in [0.2, 0.25) is 0 Å². The number of carbonyl (C=O) groups excluding carboxylic acids is 1. The molecular formula is C14H19ClO. The van der Waals surface area contributed by atoms with E-state index in [1.165, 1.54) is 0 Å². The predicted molar refractivity (Wildman–Crippen MR) is 69.1 cm³/mol. The van der Waals surface area contributed by atoms with Crippen molar-refractivity contribution in [2.75, 3.05) is 0 Å². The van der Waals surface area contributed by atoms with Crippen molar-refractivity contribution in [2.45, 2.75) is 38.5 Å². The SMILES string of the molecule is CCCC(C)C(Cl)CC(=O)c1ccccc1. The van der Waals surface area contributed by atoms with Gasteiger partial charge in [-0.05, 0) is 12.3 Å². The van der Waals surface area contributed by atoms with Gasteiger partial charge in [0.05, 0.1) is 0 Å². The fourth-order valence-electron chi connectivity index (χ4n) is 1.76. The molecule has 0 saturated carbocycles. The van der Waals surface area contributed by atoms with Crippen LogP contribution in [-0.4, -0.2) is 11.2 Å². The fraction of sp³-hybridized carbons (Fsp3) is 0.500. The van der Waals surface area contributed by atoms with Crippen LogP contribution in [-0.2, 0) is 0 Å². The molecular weight excluding hydrogens is 220 g/mol. The van der Waals surface area contributed by atoms with E-state index in [1.54, 1.807) is 0 Å². The highest BCUT2D eigenvalue weighted by Gasteiger charge is 2.18. The van der Waals surface area contributed by atoms with Crippen LogP contribution in [0.2, 0.25) is 0 Å². The number of carbonyl (C=O) groups is 1. The second kappa shape index (κ2) is 6.70. The Labute approximate surface area is 103 Å². The molecule has 0 amide bonds. The van der Waals surface area contributed by atoms with E-state index < -0.39 is 0 Å². The molecule has 0 N–H and O–H groups in total. The van der Waals surface area contributed by atoms with E-state index in [0.717, 1.165) is 18.4 Å². The first-order valence-corrected chi connectivity index (χ1v) is 6.31. The van der Waals surface area contributed by atoms with E-state index in [2.05, 4.69) is 13.8 Å². The molecule has 0 saturated heterocycles. The maximum atomic E-state index is 11.9. The van der Waals surface area contributed by atoms with E-state index >= 15 is 0 Å². The zero-order chi connectivity index (χ0) is 12.0. The van der Waals surface area contributed by atoms with E-state index in [0.29, 0.717) is 12.3 Å². The number of benzene rings is 1. The van der Waals surface area contributed by atoms with Gasteiger partial charge in [-0.3, -0.25) is 4.79 Å². The monoisotopic (exact) mass is 238 g/mol. The van der Waals surface area contributed by atoms with Crippen LogP contribution in [0.3, 0.4) is 0 Å². The molecule has 1 rings (SSSR count). The van der Waals surface area contributed by atoms with Gasteiger partial charge in [-0.1, -0.05) is 50.6 Å². The van der Waals surface area contributed by atoms with E-state index in [4.69, 9.17) is 11.6 Å². The zero-order valence-electron chi connectivity index (χ0n) is 9.95. The van der Waals surface area contributed by atoms with Crippen molar-refractivity contribution in [1.82, 2.24) is 0 Å². The van der Waals surface area contributed by atoms with Crippen LogP contribution in [0.15, 0.2) is 30.3 Å². The van der Waals surface area contributed by atoms with Crippen molar-refractivity contribution in [3.63, 3.8) is 0 Å². The van der Waals surface area contributed by atoms with Crippen LogP contribution in [0.25, 0.3) is 0 Å². The molecule has 2 unspecified atom stereocenters. The first kappa shape index (κ1) is 13.2. The molecule has 1 aromatic rings. The number of halogens is 1. The van der Waals surface area contributed by atoms with E-state index in [-0.39, 0.29) is 11.2 Å². The van der Waals surface area contributed by atoms with Crippen LogP contribution in [0.1, 0.15) is 43.5 Å². The predicted octanol–water partition coefficient (Wildman–Crippen LogP) is 4.30. The Morgan fingerprint density at radius 2 is 1.94 bits per heavy atom. The van der Waals surface area contributed by atoms with Crippen molar-refractivity contribution < 1.29 is 4.79 Å². The quantitative estimate of drug-likeness (QED) is 0.533. The van der Waals surface area contributed by atoms with Gasteiger partial charge in [-0.15, -0.1) is 11.6 Å². The maximum absolute atomic E-state index is 11.9. The molecule has 16 heavy (non-hydrogen) atoms. The van der Waals surface area contributed by atoms with Crippen molar-refractivity contribution >= 4 is 17.4 Å². The summed E-state index contributed by atoms with van der Waals surface area (Å²) < 4.78 is 0. The van der Waals surface area contributed by atoms with Crippen LogP contribution in [0, 0.1) is 5.92 Å². The molecule has 2 heteroatoms. The lowest BCUT2D eigenvalue weighted by Gasteiger charge is -2.16. The van der Waals surface area contributed by atoms with Crippen LogP contribution < -0.4 is 0 Å². The average molecular weight is 239 g/mol. The Morgan fingerprint density at radius 3 is 2.50 bits per heavy atom. The molecule has 0 radical (unpaired) electrons. The molecule has 88 valence electrons. The lowest BCUT2D eigenvalue weighted by atomic mass is 9.96. The molecule has 0 spiro atoms. The summed E-state index contributed by atoms with van der Waals surface area (Å²) in [7, 11) is 0. The van der Waals surface area contributed by atoms with Gasteiger partial charge in [0.25, 0.3) is 0 Å². The van der Waals surface area contributed by atoms with Crippen molar-refractivity contribution in [3.8, 4) is 0 Å². The van der Waals surface area contributed by atoms with Crippen molar-refractivity contribution in [2.24, 2.45) is 5.92 Å². The van der Waals surface area contributed by atoms with Crippen LogP contribution in [0.5, 0.6) is 0 Å². The smallest absolute Gasteiger partial charge is 0.164 e. The minimum atomic E-state index is -0.0485. The molecule has 0 fully saturated rings. The van der Waals surface area contributed by atoms with Crippen molar-refractivity contribution in [3.05, 3.63) is 35.9 Å². The lowest BCUT2D eigenvalue weighted by Crippen LogP contribution is -2.16. The number of hydrogen-bond donors (Lipinski definition) is 0. The third-order valence-corrected chi connectivity index (χ3v) is 3.42. The first-order chi connectivity index (χ1) is 7.65. The number of rotatable bonds is 6. The minimum Gasteiger partial charge on any atom is -0.294 e. The lowest BCUT2D eigenvalue weighted by molar-refractivity contribution is 0.0975. The fourth-order valence-corrected chi connectivity index (χ4v) is 2.02. The van der Waals surface area contributed by atoms with E-state index in [1.807, 2.05) is 30.3 Å². The van der Waals surface area contributed by atoms with Gasteiger partial charge in [0.1, 0.15) is 0 Å². The van der Waals surface area contributed by atoms with Crippen molar-refractivity contribution in [1.29, 1.82) is 0 Å². The number of ketones is 1. The van der Waals surface area contributed by atoms with Gasteiger partial charge in [-0.25, -0.2) is 0 Å². The van der Waals surface area contributed by atoms with E-state index in [9.17, 15) is 4.79 Å². The van der Waals surface area contributed by atoms with Gasteiger partial charge in [0, 0.05) is 17.4 Å².